The summed E-state index contributed by atoms with van der Waals surface area (Å²) in [4.78, 5) is 28.3. The van der Waals surface area contributed by atoms with Crippen molar-refractivity contribution in [2.75, 3.05) is 19.0 Å². The Morgan fingerprint density at radius 1 is 1.43 bits per heavy atom. The summed E-state index contributed by atoms with van der Waals surface area (Å²) in [5, 5.41) is 8.67. The molecule has 3 N–H and O–H groups in total. The van der Waals surface area contributed by atoms with E-state index in [-0.39, 0.29) is 5.91 Å². The van der Waals surface area contributed by atoms with Gasteiger partial charge >= 0.3 is 6.03 Å². The van der Waals surface area contributed by atoms with Crippen LogP contribution in [-0.4, -0.2) is 36.6 Å². The number of nitrogens with zero attached hydrogens (tertiary/aromatic N) is 1. The van der Waals surface area contributed by atoms with E-state index in [4.69, 9.17) is 4.74 Å². The zero-order valence-electron chi connectivity index (χ0n) is 12.7. The molecule has 3 rings (SSSR count). The SMILES string of the molecule is COc1ccc2nc(NC(=O)NC3CCCCNC3=O)sc2c1. The van der Waals surface area contributed by atoms with Gasteiger partial charge in [-0.05, 0) is 37.5 Å². The number of aromatic nitrogens is 1. The van der Waals surface area contributed by atoms with Crippen molar-refractivity contribution in [2.24, 2.45) is 0 Å². The highest BCUT2D eigenvalue weighted by Crippen LogP contribution is 2.29. The molecule has 2 aromatic rings. The Kier molecular flexibility index (Phi) is 4.61. The van der Waals surface area contributed by atoms with Crippen LogP contribution in [0.4, 0.5) is 9.93 Å². The summed E-state index contributed by atoms with van der Waals surface area (Å²) in [7, 11) is 1.60. The number of ether oxygens (including phenoxy) is 1. The first-order chi connectivity index (χ1) is 11.2. The maximum Gasteiger partial charge on any atom is 0.321 e. The number of rotatable bonds is 3. The molecule has 23 heavy (non-hydrogen) atoms. The number of urea groups is 1. The molecule has 1 aliphatic rings. The quantitative estimate of drug-likeness (QED) is 0.801. The zero-order chi connectivity index (χ0) is 16.2. The maximum absolute atomic E-state index is 12.1. The van der Waals surface area contributed by atoms with E-state index in [0.717, 1.165) is 28.8 Å². The number of hydrogen-bond donors (Lipinski definition) is 3. The van der Waals surface area contributed by atoms with Gasteiger partial charge in [-0.25, -0.2) is 9.78 Å². The maximum atomic E-state index is 12.1. The molecule has 1 aliphatic heterocycles. The van der Waals surface area contributed by atoms with Crippen LogP contribution in [0.5, 0.6) is 5.75 Å². The first-order valence-corrected chi connectivity index (χ1v) is 8.27. The van der Waals surface area contributed by atoms with Gasteiger partial charge in [0.2, 0.25) is 5.91 Å². The van der Waals surface area contributed by atoms with E-state index >= 15 is 0 Å². The van der Waals surface area contributed by atoms with Gasteiger partial charge in [0.1, 0.15) is 11.8 Å². The number of carbonyl (C=O) groups excluding carboxylic acids is 2. The van der Waals surface area contributed by atoms with Crippen LogP contribution in [-0.2, 0) is 4.79 Å². The van der Waals surface area contributed by atoms with Crippen LogP contribution in [0.2, 0.25) is 0 Å². The minimum Gasteiger partial charge on any atom is -0.497 e. The third-order valence-corrected chi connectivity index (χ3v) is 4.59. The molecule has 3 amide bonds. The summed E-state index contributed by atoms with van der Waals surface area (Å²) in [5.41, 5.74) is 0.790. The van der Waals surface area contributed by atoms with Gasteiger partial charge in [0.25, 0.3) is 0 Å². The van der Waals surface area contributed by atoms with E-state index in [1.54, 1.807) is 7.11 Å². The van der Waals surface area contributed by atoms with Crippen LogP contribution in [0.3, 0.4) is 0 Å². The highest BCUT2D eigenvalue weighted by Gasteiger charge is 2.22. The molecule has 0 radical (unpaired) electrons. The first kappa shape index (κ1) is 15.5. The highest BCUT2D eigenvalue weighted by molar-refractivity contribution is 7.22. The fraction of sp³-hybridized carbons (Fsp3) is 0.400. The topological polar surface area (TPSA) is 92.3 Å². The Hall–Kier alpha value is -2.35. The molecule has 8 heteroatoms. The lowest BCUT2D eigenvalue weighted by molar-refractivity contribution is -0.122. The number of amides is 3. The third-order valence-electron chi connectivity index (χ3n) is 3.66. The average Bonchev–Trinajstić information content (AvgIpc) is 2.82. The number of fused-ring (bicyclic) bond motifs is 1. The second kappa shape index (κ2) is 6.82. The molecule has 122 valence electrons. The Balaban J connectivity index is 1.66. The monoisotopic (exact) mass is 334 g/mol. The lowest BCUT2D eigenvalue weighted by Crippen LogP contribution is -2.46. The van der Waals surface area contributed by atoms with Gasteiger partial charge in [-0.3, -0.25) is 10.1 Å². The Bertz CT molecular complexity index is 731. The van der Waals surface area contributed by atoms with Crippen LogP contribution in [0.25, 0.3) is 10.2 Å². The van der Waals surface area contributed by atoms with E-state index in [2.05, 4.69) is 20.9 Å². The van der Waals surface area contributed by atoms with Gasteiger partial charge in [0, 0.05) is 6.54 Å². The molecule has 2 heterocycles. The van der Waals surface area contributed by atoms with Crippen LogP contribution in [0, 0.1) is 0 Å². The second-order valence-electron chi connectivity index (χ2n) is 5.29. The number of methoxy groups -OCH3 is 1. The lowest BCUT2D eigenvalue weighted by atomic mass is 10.1. The molecule has 1 atom stereocenters. The molecule has 1 aromatic heterocycles. The molecule has 0 bridgehead atoms. The normalized spacial score (nSPS) is 18.1. The summed E-state index contributed by atoms with van der Waals surface area (Å²) in [6.45, 7) is 0.665. The van der Waals surface area contributed by atoms with Gasteiger partial charge in [-0.2, -0.15) is 0 Å². The highest BCUT2D eigenvalue weighted by atomic mass is 32.1. The molecule has 1 unspecified atom stereocenters. The van der Waals surface area contributed by atoms with Crippen molar-refractivity contribution in [3.05, 3.63) is 18.2 Å². The van der Waals surface area contributed by atoms with Gasteiger partial charge in [-0.1, -0.05) is 11.3 Å². The van der Waals surface area contributed by atoms with Gasteiger partial charge in [-0.15, -0.1) is 0 Å². The predicted octanol–water partition coefficient (Wildman–Crippen LogP) is 2.10. The fourth-order valence-electron chi connectivity index (χ4n) is 2.45. The minimum atomic E-state index is -0.494. The van der Waals surface area contributed by atoms with E-state index in [1.165, 1.54) is 11.3 Å². The van der Waals surface area contributed by atoms with Crippen molar-refractivity contribution in [1.82, 2.24) is 15.6 Å². The third kappa shape index (κ3) is 3.70. The molecule has 1 fully saturated rings. The summed E-state index contributed by atoms with van der Waals surface area (Å²) in [6.07, 6.45) is 2.49. The van der Waals surface area contributed by atoms with Gasteiger partial charge < -0.3 is 15.4 Å². The summed E-state index contributed by atoms with van der Waals surface area (Å²) in [6, 6.07) is 4.62. The van der Waals surface area contributed by atoms with Crippen molar-refractivity contribution in [2.45, 2.75) is 25.3 Å². The van der Waals surface area contributed by atoms with Gasteiger partial charge in [0.15, 0.2) is 5.13 Å². The average molecular weight is 334 g/mol. The molecule has 1 saturated heterocycles. The fourth-order valence-corrected chi connectivity index (χ4v) is 3.34. The van der Waals surface area contributed by atoms with Crippen molar-refractivity contribution in [3.63, 3.8) is 0 Å². The second-order valence-corrected chi connectivity index (χ2v) is 6.32. The molecule has 0 saturated carbocycles. The Morgan fingerprint density at radius 2 is 2.30 bits per heavy atom. The van der Waals surface area contributed by atoms with Crippen LogP contribution < -0.4 is 20.7 Å². The van der Waals surface area contributed by atoms with Crippen molar-refractivity contribution in [3.8, 4) is 5.75 Å². The van der Waals surface area contributed by atoms with Gasteiger partial charge in [0.05, 0.1) is 17.3 Å². The van der Waals surface area contributed by atoms with E-state index < -0.39 is 12.1 Å². The number of carbonyl (C=O) groups is 2. The van der Waals surface area contributed by atoms with E-state index in [1.807, 2.05) is 18.2 Å². The van der Waals surface area contributed by atoms with Crippen LogP contribution in [0.1, 0.15) is 19.3 Å². The molecule has 0 aliphatic carbocycles. The summed E-state index contributed by atoms with van der Waals surface area (Å²) >= 11 is 1.36. The molecule has 7 nitrogen and oxygen atoms in total. The van der Waals surface area contributed by atoms with Crippen LogP contribution in [0.15, 0.2) is 18.2 Å². The van der Waals surface area contributed by atoms with E-state index in [0.29, 0.717) is 18.1 Å². The lowest BCUT2D eigenvalue weighted by Gasteiger charge is -2.14. The predicted molar refractivity (Wildman–Crippen MR) is 89.0 cm³/mol. The zero-order valence-corrected chi connectivity index (χ0v) is 13.5. The van der Waals surface area contributed by atoms with Crippen molar-refractivity contribution >= 4 is 38.6 Å². The number of thiazole rings is 1. The largest absolute Gasteiger partial charge is 0.497 e. The Morgan fingerprint density at radius 3 is 3.13 bits per heavy atom. The van der Waals surface area contributed by atoms with Crippen LogP contribution >= 0.6 is 11.3 Å². The molecule has 0 spiro atoms. The number of benzene rings is 1. The Labute approximate surface area is 137 Å². The molecular weight excluding hydrogens is 316 g/mol. The van der Waals surface area contributed by atoms with E-state index in [9.17, 15) is 9.59 Å². The molecule has 1 aromatic carbocycles. The first-order valence-electron chi connectivity index (χ1n) is 7.45. The number of hydrogen-bond acceptors (Lipinski definition) is 5. The smallest absolute Gasteiger partial charge is 0.321 e. The minimum absolute atomic E-state index is 0.133. The van der Waals surface area contributed by atoms with Crippen molar-refractivity contribution < 1.29 is 14.3 Å². The summed E-state index contributed by atoms with van der Waals surface area (Å²) in [5.74, 6) is 0.610. The number of anilines is 1. The molecular formula is C15H18N4O3S. The standard InChI is InChI=1S/C15H18N4O3S/c1-22-9-5-6-10-12(8-9)23-15(18-10)19-14(21)17-11-4-2-3-7-16-13(11)20/h5-6,8,11H,2-4,7H2,1H3,(H,16,20)(H2,17,18,19,21). The van der Waals surface area contributed by atoms with Crippen molar-refractivity contribution in [1.29, 1.82) is 0 Å². The number of nitrogens with one attached hydrogen (secondary N) is 3. The summed E-state index contributed by atoms with van der Waals surface area (Å²) < 4.78 is 6.09.